The van der Waals surface area contributed by atoms with E-state index in [0.29, 0.717) is 6.04 Å². The summed E-state index contributed by atoms with van der Waals surface area (Å²) in [5.41, 5.74) is 2.67. The van der Waals surface area contributed by atoms with Crippen LogP contribution in [0.3, 0.4) is 0 Å². The minimum absolute atomic E-state index is 0.574. The third kappa shape index (κ3) is 3.47. The lowest BCUT2D eigenvalue weighted by atomic mass is 9.91. The Bertz CT molecular complexity index is 325. The number of rotatable bonds is 4. The van der Waals surface area contributed by atoms with Gasteiger partial charge in [-0.3, -0.25) is 0 Å². The van der Waals surface area contributed by atoms with Gasteiger partial charge in [0.15, 0.2) is 0 Å². The van der Waals surface area contributed by atoms with Crippen LogP contribution in [0.1, 0.15) is 32.3 Å². The SMILES string of the molecule is CCc1ccc(NC(C)C2CCNCC2)cc1. The molecule has 2 heteroatoms. The minimum atomic E-state index is 0.574. The second-order valence-corrected chi connectivity index (χ2v) is 5.07. The summed E-state index contributed by atoms with van der Waals surface area (Å²) in [5.74, 6) is 0.808. The summed E-state index contributed by atoms with van der Waals surface area (Å²) in [6, 6.07) is 9.42. The molecule has 2 N–H and O–H groups in total. The summed E-state index contributed by atoms with van der Waals surface area (Å²) in [6.45, 7) is 6.85. The zero-order chi connectivity index (χ0) is 12.1. The summed E-state index contributed by atoms with van der Waals surface area (Å²) in [6.07, 6.45) is 3.70. The Balaban J connectivity index is 1.89. The summed E-state index contributed by atoms with van der Waals surface area (Å²) in [4.78, 5) is 0. The topological polar surface area (TPSA) is 24.1 Å². The fourth-order valence-corrected chi connectivity index (χ4v) is 2.56. The molecule has 1 aliphatic rings. The van der Waals surface area contributed by atoms with E-state index in [-0.39, 0.29) is 0 Å². The molecule has 1 fully saturated rings. The van der Waals surface area contributed by atoms with Crippen molar-refractivity contribution in [3.63, 3.8) is 0 Å². The third-order valence-electron chi connectivity index (χ3n) is 3.85. The molecule has 0 saturated carbocycles. The number of hydrogen-bond donors (Lipinski definition) is 2. The predicted molar refractivity (Wildman–Crippen MR) is 74.5 cm³/mol. The van der Waals surface area contributed by atoms with E-state index in [2.05, 4.69) is 48.7 Å². The van der Waals surface area contributed by atoms with Crippen LogP contribution in [0.2, 0.25) is 0 Å². The van der Waals surface area contributed by atoms with E-state index in [0.717, 1.165) is 12.3 Å². The summed E-state index contributed by atoms with van der Waals surface area (Å²) in [5, 5.41) is 7.06. The van der Waals surface area contributed by atoms with Crippen molar-refractivity contribution >= 4 is 5.69 Å². The molecular weight excluding hydrogens is 208 g/mol. The van der Waals surface area contributed by atoms with E-state index in [4.69, 9.17) is 0 Å². The fourth-order valence-electron chi connectivity index (χ4n) is 2.56. The van der Waals surface area contributed by atoms with Crippen molar-refractivity contribution in [1.82, 2.24) is 5.32 Å². The average molecular weight is 232 g/mol. The van der Waals surface area contributed by atoms with Gasteiger partial charge in [0.25, 0.3) is 0 Å². The molecule has 1 heterocycles. The number of nitrogens with one attached hydrogen (secondary N) is 2. The molecule has 94 valence electrons. The van der Waals surface area contributed by atoms with Crippen LogP contribution in [-0.2, 0) is 6.42 Å². The van der Waals surface area contributed by atoms with Crippen molar-refractivity contribution in [3.05, 3.63) is 29.8 Å². The zero-order valence-corrected chi connectivity index (χ0v) is 11.0. The largest absolute Gasteiger partial charge is 0.382 e. The highest BCUT2D eigenvalue weighted by atomic mass is 14.9. The Morgan fingerprint density at radius 2 is 1.88 bits per heavy atom. The molecule has 2 rings (SSSR count). The zero-order valence-electron chi connectivity index (χ0n) is 11.0. The van der Waals surface area contributed by atoms with Crippen LogP contribution in [0.5, 0.6) is 0 Å². The Labute approximate surface area is 105 Å². The standard InChI is InChI=1S/C15H24N2/c1-3-13-4-6-15(7-5-13)17-12(2)14-8-10-16-11-9-14/h4-7,12,14,16-17H,3,8-11H2,1-2H3. The molecule has 0 radical (unpaired) electrons. The van der Waals surface area contributed by atoms with E-state index < -0.39 is 0 Å². The number of hydrogen-bond acceptors (Lipinski definition) is 2. The first-order valence-electron chi connectivity index (χ1n) is 6.85. The van der Waals surface area contributed by atoms with Crippen molar-refractivity contribution in [2.45, 2.75) is 39.2 Å². The highest BCUT2D eigenvalue weighted by molar-refractivity contribution is 5.45. The molecule has 0 aliphatic carbocycles. The molecule has 2 nitrogen and oxygen atoms in total. The van der Waals surface area contributed by atoms with E-state index >= 15 is 0 Å². The van der Waals surface area contributed by atoms with Crippen LogP contribution in [0.4, 0.5) is 5.69 Å². The van der Waals surface area contributed by atoms with Gasteiger partial charge in [0.2, 0.25) is 0 Å². The fraction of sp³-hybridized carbons (Fsp3) is 0.600. The van der Waals surface area contributed by atoms with Crippen LogP contribution in [0.15, 0.2) is 24.3 Å². The number of aryl methyl sites for hydroxylation is 1. The van der Waals surface area contributed by atoms with Crippen molar-refractivity contribution in [1.29, 1.82) is 0 Å². The lowest BCUT2D eigenvalue weighted by Gasteiger charge is -2.29. The van der Waals surface area contributed by atoms with Crippen LogP contribution >= 0.6 is 0 Å². The third-order valence-corrected chi connectivity index (χ3v) is 3.85. The van der Waals surface area contributed by atoms with Crippen molar-refractivity contribution < 1.29 is 0 Å². The average Bonchev–Trinajstić information content (AvgIpc) is 2.40. The first-order valence-corrected chi connectivity index (χ1v) is 6.85. The van der Waals surface area contributed by atoms with Crippen LogP contribution in [0, 0.1) is 5.92 Å². The maximum Gasteiger partial charge on any atom is 0.0342 e. The highest BCUT2D eigenvalue weighted by Crippen LogP contribution is 2.20. The van der Waals surface area contributed by atoms with Gasteiger partial charge >= 0.3 is 0 Å². The van der Waals surface area contributed by atoms with Crippen molar-refractivity contribution in [3.8, 4) is 0 Å². The molecule has 0 amide bonds. The van der Waals surface area contributed by atoms with Crippen LogP contribution in [-0.4, -0.2) is 19.1 Å². The summed E-state index contributed by atoms with van der Waals surface area (Å²) in [7, 11) is 0. The number of benzene rings is 1. The van der Waals surface area contributed by atoms with Crippen molar-refractivity contribution in [2.24, 2.45) is 5.92 Å². The molecule has 0 spiro atoms. The molecule has 1 saturated heterocycles. The molecule has 1 aromatic carbocycles. The van der Waals surface area contributed by atoms with E-state index in [9.17, 15) is 0 Å². The van der Waals surface area contributed by atoms with Crippen LogP contribution in [0.25, 0.3) is 0 Å². The second-order valence-electron chi connectivity index (χ2n) is 5.07. The van der Waals surface area contributed by atoms with E-state index in [1.54, 1.807) is 0 Å². The van der Waals surface area contributed by atoms with Crippen molar-refractivity contribution in [2.75, 3.05) is 18.4 Å². The molecule has 1 aromatic rings. The Morgan fingerprint density at radius 3 is 2.47 bits per heavy atom. The first-order chi connectivity index (χ1) is 8.29. The van der Waals surface area contributed by atoms with Gasteiger partial charge in [-0.15, -0.1) is 0 Å². The molecule has 0 bridgehead atoms. The molecular formula is C15H24N2. The second kappa shape index (κ2) is 6.06. The molecule has 1 atom stereocenters. The molecule has 17 heavy (non-hydrogen) atoms. The monoisotopic (exact) mass is 232 g/mol. The lowest BCUT2D eigenvalue weighted by Crippen LogP contribution is -2.36. The summed E-state index contributed by atoms with van der Waals surface area (Å²) >= 11 is 0. The predicted octanol–water partition coefficient (Wildman–Crippen LogP) is 3.05. The minimum Gasteiger partial charge on any atom is -0.382 e. The van der Waals surface area contributed by atoms with Gasteiger partial charge in [-0.1, -0.05) is 19.1 Å². The molecule has 1 aliphatic heterocycles. The lowest BCUT2D eigenvalue weighted by molar-refractivity contribution is 0.343. The van der Waals surface area contributed by atoms with E-state index in [1.807, 2.05) is 0 Å². The first kappa shape index (κ1) is 12.4. The van der Waals surface area contributed by atoms with Gasteiger partial charge in [0.05, 0.1) is 0 Å². The van der Waals surface area contributed by atoms with E-state index in [1.165, 1.54) is 37.2 Å². The van der Waals surface area contributed by atoms with Gasteiger partial charge < -0.3 is 10.6 Å². The Kier molecular flexibility index (Phi) is 4.43. The number of piperidine rings is 1. The van der Waals surface area contributed by atoms with Crippen LogP contribution < -0.4 is 10.6 Å². The van der Waals surface area contributed by atoms with Gasteiger partial charge in [-0.25, -0.2) is 0 Å². The Morgan fingerprint density at radius 1 is 1.24 bits per heavy atom. The highest BCUT2D eigenvalue weighted by Gasteiger charge is 2.19. The maximum atomic E-state index is 3.64. The normalized spacial score (nSPS) is 18.9. The smallest absolute Gasteiger partial charge is 0.0342 e. The van der Waals surface area contributed by atoms with Gasteiger partial charge in [0, 0.05) is 11.7 Å². The Hall–Kier alpha value is -1.02. The molecule has 1 unspecified atom stereocenters. The quantitative estimate of drug-likeness (QED) is 0.833. The molecule has 0 aromatic heterocycles. The summed E-state index contributed by atoms with van der Waals surface area (Å²) < 4.78 is 0. The van der Waals surface area contributed by atoms with Gasteiger partial charge in [-0.2, -0.15) is 0 Å². The maximum absolute atomic E-state index is 3.64. The van der Waals surface area contributed by atoms with Gasteiger partial charge in [0.1, 0.15) is 0 Å². The van der Waals surface area contributed by atoms with Gasteiger partial charge in [-0.05, 0) is 62.9 Å². The number of anilines is 1.